The van der Waals surface area contributed by atoms with Crippen LogP contribution >= 0.6 is 23.5 Å². The average Bonchev–Trinajstić information content (AvgIpc) is 2.83. The first kappa shape index (κ1) is 12.4. The van der Waals surface area contributed by atoms with E-state index in [0.717, 1.165) is 22.4 Å². The van der Waals surface area contributed by atoms with E-state index in [1.165, 1.54) is 11.8 Å². The highest BCUT2D eigenvalue weighted by molar-refractivity contribution is 8.39. The summed E-state index contributed by atoms with van der Waals surface area (Å²) in [6.07, 6.45) is 3.31. The van der Waals surface area contributed by atoms with Gasteiger partial charge in [0.1, 0.15) is 4.38 Å². The van der Waals surface area contributed by atoms with Crippen molar-refractivity contribution in [1.82, 2.24) is 4.98 Å². The fraction of sp³-hybridized carbons (Fsp3) is 0.364. The minimum absolute atomic E-state index is 0.0156. The third-order valence-electron chi connectivity index (χ3n) is 2.13. The van der Waals surface area contributed by atoms with Gasteiger partial charge in [0.15, 0.2) is 0 Å². The Morgan fingerprint density at radius 1 is 1.65 bits per heavy atom. The summed E-state index contributed by atoms with van der Waals surface area (Å²) in [6.45, 7) is 2.75. The predicted molar refractivity (Wildman–Crippen MR) is 74.7 cm³/mol. The van der Waals surface area contributed by atoms with Gasteiger partial charge in [-0.25, -0.2) is 0 Å². The fourth-order valence-corrected chi connectivity index (χ4v) is 3.40. The lowest BCUT2D eigenvalue weighted by molar-refractivity contribution is -0.115. The van der Waals surface area contributed by atoms with E-state index < -0.39 is 0 Å². The van der Waals surface area contributed by atoms with E-state index in [9.17, 15) is 4.79 Å². The second kappa shape index (κ2) is 6.07. The fourth-order valence-electron chi connectivity index (χ4n) is 1.27. The van der Waals surface area contributed by atoms with Gasteiger partial charge in [0, 0.05) is 11.9 Å². The highest BCUT2D eigenvalue weighted by atomic mass is 32.2. The van der Waals surface area contributed by atoms with E-state index in [0.29, 0.717) is 0 Å². The Bertz CT molecular complexity index is 422. The van der Waals surface area contributed by atoms with Crippen molar-refractivity contribution in [3.63, 3.8) is 0 Å². The minimum Gasteiger partial charge on any atom is -0.324 e. The molecule has 0 spiro atoms. The standard InChI is InChI=1S/C11H13N3OS2/c1-8(17-11-13-5-6-16-11)10(15)14-9-3-2-4-12-7-9/h2-4,7-8H,5-6H2,1H3,(H,14,15). The molecule has 0 saturated carbocycles. The van der Waals surface area contributed by atoms with Crippen molar-refractivity contribution < 1.29 is 4.79 Å². The molecule has 0 radical (unpaired) electrons. The molecule has 0 bridgehead atoms. The molecule has 1 aromatic heterocycles. The number of nitrogens with zero attached hydrogens (tertiary/aromatic N) is 2. The predicted octanol–water partition coefficient (Wildman–Crippen LogP) is 2.24. The highest BCUT2D eigenvalue weighted by Crippen LogP contribution is 2.26. The zero-order valence-electron chi connectivity index (χ0n) is 9.42. The number of amides is 1. The summed E-state index contributed by atoms with van der Waals surface area (Å²) in [6, 6.07) is 3.62. The van der Waals surface area contributed by atoms with Crippen LogP contribution in [0.25, 0.3) is 0 Å². The largest absolute Gasteiger partial charge is 0.324 e. The Balaban J connectivity index is 1.87. The molecule has 17 heavy (non-hydrogen) atoms. The third kappa shape index (κ3) is 3.74. The van der Waals surface area contributed by atoms with Crippen LogP contribution in [-0.2, 0) is 4.79 Å². The number of carbonyl (C=O) groups excluding carboxylic acids is 1. The Morgan fingerprint density at radius 2 is 2.53 bits per heavy atom. The monoisotopic (exact) mass is 267 g/mol. The maximum absolute atomic E-state index is 11.9. The molecule has 1 amide bonds. The number of rotatable bonds is 3. The number of hydrogen-bond donors (Lipinski definition) is 1. The van der Waals surface area contributed by atoms with Gasteiger partial charge in [0.05, 0.1) is 23.7 Å². The zero-order valence-corrected chi connectivity index (χ0v) is 11.1. The van der Waals surface area contributed by atoms with Gasteiger partial charge >= 0.3 is 0 Å². The van der Waals surface area contributed by atoms with E-state index in [2.05, 4.69) is 15.3 Å². The quantitative estimate of drug-likeness (QED) is 0.912. The molecule has 2 heterocycles. The molecular weight excluding hydrogens is 254 g/mol. The van der Waals surface area contributed by atoms with Crippen molar-refractivity contribution in [2.75, 3.05) is 17.6 Å². The summed E-state index contributed by atoms with van der Waals surface area (Å²) in [4.78, 5) is 20.1. The van der Waals surface area contributed by atoms with Crippen molar-refractivity contribution in [2.24, 2.45) is 4.99 Å². The number of anilines is 1. The summed E-state index contributed by atoms with van der Waals surface area (Å²) >= 11 is 3.23. The van der Waals surface area contributed by atoms with E-state index >= 15 is 0 Å². The van der Waals surface area contributed by atoms with Crippen LogP contribution in [0.5, 0.6) is 0 Å². The molecule has 6 heteroatoms. The number of aliphatic imine (C=N–C) groups is 1. The van der Waals surface area contributed by atoms with E-state index in [1.807, 2.05) is 13.0 Å². The first-order chi connectivity index (χ1) is 8.25. The van der Waals surface area contributed by atoms with Gasteiger partial charge in [-0.15, -0.1) is 0 Å². The molecule has 1 aromatic rings. The highest BCUT2D eigenvalue weighted by Gasteiger charge is 2.18. The minimum atomic E-state index is -0.139. The SMILES string of the molecule is CC(SC1=NCCS1)C(=O)Nc1cccnc1. The van der Waals surface area contributed by atoms with E-state index in [-0.39, 0.29) is 11.2 Å². The van der Waals surface area contributed by atoms with Gasteiger partial charge in [-0.3, -0.25) is 14.8 Å². The molecule has 0 aromatic carbocycles. The molecule has 1 unspecified atom stereocenters. The van der Waals surface area contributed by atoms with Crippen LogP contribution in [0.1, 0.15) is 6.92 Å². The smallest absolute Gasteiger partial charge is 0.237 e. The van der Waals surface area contributed by atoms with Crippen LogP contribution in [0.15, 0.2) is 29.5 Å². The molecule has 0 saturated heterocycles. The van der Waals surface area contributed by atoms with Gasteiger partial charge in [-0.2, -0.15) is 0 Å². The van der Waals surface area contributed by atoms with Crippen molar-refractivity contribution in [3.8, 4) is 0 Å². The Morgan fingerprint density at radius 3 is 3.18 bits per heavy atom. The number of carbonyl (C=O) groups is 1. The number of pyridine rings is 1. The molecule has 90 valence electrons. The van der Waals surface area contributed by atoms with Crippen LogP contribution in [0, 0.1) is 0 Å². The Hall–Kier alpha value is -1.01. The number of hydrogen-bond acceptors (Lipinski definition) is 5. The van der Waals surface area contributed by atoms with E-state index in [1.54, 1.807) is 30.2 Å². The van der Waals surface area contributed by atoms with Gasteiger partial charge < -0.3 is 5.32 Å². The lowest BCUT2D eigenvalue weighted by Gasteiger charge is -2.10. The maximum atomic E-state index is 11.9. The van der Waals surface area contributed by atoms with Gasteiger partial charge in [-0.1, -0.05) is 23.5 Å². The molecule has 1 atom stereocenters. The Kier molecular flexibility index (Phi) is 4.44. The molecule has 1 aliphatic heterocycles. The first-order valence-electron chi connectivity index (χ1n) is 5.30. The maximum Gasteiger partial charge on any atom is 0.237 e. The summed E-state index contributed by atoms with van der Waals surface area (Å²) in [7, 11) is 0. The van der Waals surface area contributed by atoms with Crippen molar-refractivity contribution >= 4 is 39.5 Å². The van der Waals surface area contributed by atoms with Crippen LogP contribution in [0.2, 0.25) is 0 Å². The van der Waals surface area contributed by atoms with Crippen LogP contribution in [-0.4, -0.2) is 32.8 Å². The molecule has 4 nitrogen and oxygen atoms in total. The summed E-state index contributed by atoms with van der Waals surface area (Å²) in [5, 5.41) is 2.69. The Labute approximate surface area is 109 Å². The number of aromatic nitrogens is 1. The van der Waals surface area contributed by atoms with Crippen LogP contribution in [0.3, 0.4) is 0 Å². The van der Waals surface area contributed by atoms with E-state index in [4.69, 9.17) is 0 Å². The second-order valence-electron chi connectivity index (χ2n) is 3.49. The lowest BCUT2D eigenvalue weighted by Crippen LogP contribution is -2.23. The topological polar surface area (TPSA) is 54.4 Å². The zero-order chi connectivity index (χ0) is 12.1. The average molecular weight is 267 g/mol. The van der Waals surface area contributed by atoms with Crippen LogP contribution < -0.4 is 5.32 Å². The summed E-state index contributed by atoms with van der Waals surface area (Å²) < 4.78 is 1.01. The summed E-state index contributed by atoms with van der Waals surface area (Å²) in [5.74, 6) is 1.01. The number of nitrogens with one attached hydrogen (secondary N) is 1. The number of thioether (sulfide) groups is 2. The molecule has 0 aliphatic carbocycles. The molecule has 0 fully saturated rings. The first-order valence-corrected chi connectivity index (χ1v) is 7.17. The molecular formula is C11H13N3OS2. The second-order valence-corrected chi connectivity index (χ2v) is 6.16. The lowest BCUT2D eigenvalue weighted by atomic mass is 10.4. The van der Waals surface area contributed by atoms with Crippen LogP contribution in [0.4, 0.5) is 5.69 Å². The van der Waals surface area contributed by atoms with Gasteiger partial charge in [-0.05, 0) is 19.1 Å². The van der Waals surface area contributed by atoms with Crippen molar-refractivity contribution in [1.29, 1.82) is 0 Å². The normalized spacial score (nSPS) is 16.4. The van der Waals surface area contributed by atoms with Crippen molar-refractivity contribution in [2.45, 2.75) is 12.2 Å². The molecule has 1 N–H and O–H groups in total. The van der Waals surface area contributed by atoms with Gasteiger partial charge in [0.25, 0.3) is 0 Å². The third-order valence-corrected chi connectivity index (χ3v) is 4.44. The van der Waals surface area contributed by atoms with Gasteiger partial charge in [0.2, 0.25) is 5.91 Å². The van der Waals surface area contributed by atoms with Crippen molar-refractivity contribution in [3.05, 3.63) is 24.5 Å². The molecule has 1 aliphatic rings. The summed E-state index contributed by atoms with van der Waals surface area (Å²) in [5.41, 5.74) is 0.728. The molecule has 2 rings (SSSR count).